The molecular formula is C14H16FNO4. The lowest BCUT2D eigenvalue weighted by Gasteiger charge is -2.26. The minimum absolute atomic E-state index is 0.0434. The number of aliphatic carboxylic acids is 1. The number of nitrogens with one attached hydrogen (secondary N) is 1. The van der Waals surface area contributed by atoms with Gasteiger partial charge in [0.2, 0.25) is 0 Å². The van der Waals surface area contributed by atoms with Crippen LogP contribution in [0.25, 0.3) is 0 Å². The lowest BCUT2D eigenvalue weighted by atomic mass is 9.96. The first-order chi connectivity index (χ1) is 9.41. The first kappa shape index (κ1) is 14.3. The molecule has 1 saturated carbocycles. The predicted molar refractivity (Wildman–Crippen MR) is 68.8 cm³/mol. The van der Waals surface area contributed by atoms with Crippen molar-refractivity contribution in [3.8, 4) is 5.75 Å². The standard InChI is InChI=1S/C14H16FNO4/c1-14(13(18)19,9-5-6-9)16-12(17)8-20-11-4-2-3-10(15)7-11/h2-4,7,9H,5-6,8H2,1H3,(H,16,17)(H,18,19). The van der Waals surface area contributed by atoms with Crippen LogP contribution in [0.15, 0.2) is 24.3 Å². The molecule has 1 aliphatic carbocycles. The van der Waals surface area contributed by atoms with Crippen molar-refractivity contribution in [2.24, 2.45) is 5.92 Å². The first-order valence-corrected chi connectivity index (χ1v) is 6.34. The Bertz CT molecular complexity index is 530. The number of benzene rings is 1. The van der Waals surface area contributed by atoms with Gasteiger partial charge in [0.05, 0.1) is 0 Å². The van der Waals surface area contributed by atoms with Crippen molar-refractivity contribution in [1.82, 2.24) is 5.32 Å². The van der Waals surface area contributed by atoms with E-state index in [9.17, 15) is 19.1 Å². The third-order valence-corrected chi connectivity index (χ3v) is 3.40. The average Bonchev–Trinajstić information content (AvgIpc) is 3.20. The SMILES string of the molecule is CC(NC(=O)COc1cccc(F)c1)(C(=O)O)C1CC1. The van der Waals surface area contributed by atoms with Crippen molar-refractivity contribution in [2.45, 2.75) is 25.3 Å². The highest BCUT2D eigenvalue weighted by atomic mass is 19.1. The van der Waals surface area contributed by atoms with Gasteiger partial charge in [0.25, 0.3) is 5.91 Å². The van der Waals surface area contributed by atoms with E-state index >= 15 is 0 Å². The number of hydrogen-bond donors (Lipinski definition) is 2. The predicted octanol–water partition coefficient (Wildman–Crippen LogP) is 1.57. The Kier molecular flexibility index (Phi) is 3.92. The highest BCUT2D eigenvalue weighted by molar-refractivity contribution is 5.88. The van der Waals surface area contributed by atoms with Crippen molar-refractivity contribution >= 4 is 11.9 Å². The second-order valence-corrected chi connectivity index (χ2v) is 5.08. The zero-order chi connectivity index (χ0) is 14.8. The summed E-state index contributed by atoms with van der Waals surface area (Å²) in [4.78, 5) is 23.0. The molecule has 1 atom stereocenters. The van der Waals surface area contributed by atoms with Gasteiger partial charge in [0.1, 0.15) is 17.1 Å². The summed E-state index contributed by atoms with van der Waals surface area (Å²) in [5, 5.41) is 11.7. The van der Waals surface area contributed by atoms with Gasteiger partial charge in [-0.05, 0) is 37.8 Å². The van der Waals surface area contributed by atoms with E-state index in [1.165, 1.54) is 25.1 Å². The topological polar surface area (TPSA) is 75.6 Å². The van der Waals surface area contributed by atoms with E-state index in [-0.39, 0.29) is 18.3 Å². The molecule has 6 heteroatoms. The highest BCUT2D eigenvalue weighted by Gasteiger charge is 2.48. The molecule has 2 rings (SSSR count). The zero-order valence-corrected chi connectivity index (χ0v) is 11.1. The second kappa shape index (κ2) is 5.48. The summed E-state index contributed by atoms with van der Waals surface area (Å²) >= 11 is 0. The van der Waals surface area contributed by atoms with Crippen molar-refractivity contribution in [2.75, 3.05) is 6.61 Å². The molecule has 1 aliphatic rings. The first-order valence-electron chi connectivity index (χ1n) is 6.34. The van der Waals surface area contributed by atoms with Crippen LogP contribution in [0.2, 0.25) is 0 Å². The molecule has 1 unspecified atom stereocenters. The van der Waals surface area contributed by atoms with E-state index in [1.54, 1.807) is 0 Å². The maximum absolute atomic E-state index is 12.9. The molecule has 0 radical (unpaired) electrons. The summed E-state index contributed by atoms with van der Waals surface area (Å²) < 4.78 is 18.1. The van der Waals surface area contributed by atoms with Crippen LogP contribution in [0, 0.1) is 11.7 Å². The van der Waals surface area contributed by atoms with Gasteiger partial charge in [-0.15, -0.1) is 0 Å². The molecule has 0 spiro atoms. The molecule has 20 heavy (non-hydrogen) atoms. The molecule has 1 aromatic rings. The highest BCUT2D eigenvalue weighted by Crippen LogP contribution is 2.39. The van der Waals surface area contributed by atoms with Gasteiger partial charge < -0.3 is 15.2 Å². The van der Waals surface area contributed by atoms with Gasteiger partial charge >= 0.3 is 5.97 Å². The molecule has 108 valence electrons. The van der Waals surface area contributed by atoms with Gasteiger partial charge in [-0.2, -0.15) is 0 Å². The smallest absolute Gasteiger partial charge is 0.329 e. The Balaban J connectivity index is 1.90. The summed E-state index contributed by atoms with van der Waals surface area (Å²) in [7, 11) is 0. The summed E-state index contributed by atoms with van der Waals surface area (Å²) in [6, 6.07) is 5.41. The lowest BCUT2D eigenvalue weighted by molar-refractivity contribution is -0.148. The summed E-state index contributed by atoms with van der Waals surface area (Å²) in [5.41, 5.74) is -1.26. The van der Waals surface area contributed by atoms with Gasteiger partial charge in [-0.1, -0.05) is 6.07 Å². The molecule has 1 fully saturated rings. The van der Waals surface area contributed by atoms with Gasteiger partial charge in [0.15, 0.2) is 6.61 Å². The van der Waals surface area contributed by atoms with E-state index in [2.05, 4.69) is 5.32 Å². The van der Waals surface area contributed by atoms with Crippen molar-refractivity contribution in [3.05, 3.63) is 30.1 Å². The monoisotopic (exact) mass is 281 g/mol. The van der Waals surface area contributed by atoms with Crippen LogP contribution in [0.1, 0.15) is 19.8 Å². The van der Waals surface area contributed by atoms with Gasteiger partial charge in [-0.3, -0.25) is 4.79 Å². The summed E-state index contributed by atoms with van der Waals surface area (Å²) in [6.07, 6.45) is 1.57. The lowest BCUT2D eigenvalue weighted by Crippen LogP contribution is -2.55. The van der Waals surface area contributed by atoms with E-state index in [0.717, 1.165) is 18.9 Å². The fraction of sp³-hybridized carbons (Fsp3) is 0.429. The molecule has 0 saturated heterocycles. The van der Waals surface area contributed by atoms with Gasteiger partial charge in [0, 0.05) is 6.07 Å². The van der Waals surface area contributed by atoms with Crippen LogP contribution in [-0.4, -0.2) is 29.1 Å². The number of ether oxygens (including phenoxy) is 1. The van der Waals surface area contributed by atoms with Gasteiger partial charge in [-0.25, -0.2) is 9.18 Å². The summed E-state index contributed by atoms with van der Waals surface area (Å²) in [5.74, 6) is -1.87. The van der Waals surface area contributed by atoms with E-state index in [0.29, 0.717) is 0 Å². The number of carboxylic acids is 1. The Morgan fingerprint density at radius 1 is 1.50 bits per heavy atom. The fourth-order valence-corrected chi connectivity index (χ4v) is 2.02. The number of carbonyl (C=O) groups is 2. The fourth-order valence-electron chi connectivity index (χ4n) is 2.02. The Hall–Kier alpha value is -2.11. The van der Waals surface area contributed by atoms with E-state index in [4.69, 9.17) is 4.74 Å². The number of halogens is 1. The van der Waals surface area contributed by atoms with Crippen LogP contribution in [0.5, 0.6) is 5.75 Å². The minimum atomic E-state index is -1.26. The maximum atomic E-state index is 12.9. The zero-order valence-electron chi connectivity index (χ0n) is 11.1. The van der Waals surface area contributed by atoms with E-state index < -0.39 is 23.2 Å². The Morgan fingerprint density at radius 2 is 2.20 bits per heavy atom. The molecular weight excluding hydrogens is 265 g/mol. The molecule has 0 aromatic heterocycles. The molecule has 1 amide bonds. The number of carboxylic acid groups (broad SMARTS) is 1. The molecule has 1 aromatic carbocycles. The quantitative estimate of drug-likeness (QED) is 0.830. The van der Waals surface area contributed by atoms with E-state index in [1.807, 2.05) is 0 Å². The van der Waals surface area contributed by atoms with Crippen LogP contribution in [0.4, 0.5) is 4.39 Å². The molecule has 5 nitrogen and oxygen atoms in total. The number of hydrogen-bond acceptors (Lipinski definition) is 3. The number of amides is 1. The van der Waals surface area contributed by atoms with Crippen LogP contribution in [0.3, 0.4) is 0 Å². The van der Waals surface area contributed by atoms with Crippen molar-refractivity contribution in [3.63, 3.8) is 0 Å². The second-order valence-electron chi connectivity index (χ2n) is 5.08. The van der Waals surface area contributed by atoms with Crippen molar-refractivity contribution in [1.29, 1.82) is 0 Å². The maximum Gasteiger partial charge on any atom is 0.329 e. The Labute approximate surface area is 115 Å². The van der Waals surface area contributed by atoms with Crippen LogP contribution in [-0.2, 0) is 9.59 Å². The Morgan fingerprint density at radius 3 is 2.75 bits per heavy atom. The minimum Gasteiger partial charge on any atom is -0.484 e. The normalized spacial score (nSPS) is 17.1. The molecule has 0 heterocycles. The third-order valence-electron chi connectivity index (χ3n) is 3.40. The average molecular weight is 281 g/mol. The molecule has 0 aliphatic heterocycles. The number of rotatable bonds is 6. The van der Waals surface area contributed by atoms with Crippen molar-refractivity contribution < 1.29 is 23.8 Å². The number of carbonyl (C=O) groups excluding carboxylic acids is 1. The summed E-state index contributed by atoms with van der Waals surface area (Å²) in [6.45, 7) is 1.14. The molecule has 2 N–H and O–H groups in total. The third kappa shape index (κ3) is 3.26. The van der Waals surface area contributed by atoms with Crippen LogP contribution < -0.4 is 10.1 Å². The van der Waals surface area contributed by atoms with Crippen LogP contribution >= 0.6 is 0 Å². The molecule has 0 bridgehead atoms. The largest absolute Gasteiger partial charge is 0.484 e.